The van der Waals surface area contributed by atoms with Gasteiger partial charge in [0, 0.05) is 6.42 Å². The van der Waals surface area contributed by atoms with Crippen LogP contribution in [-0.2, 0) is 4.79 Å². The standard InChI is InChI=1S/C19H32O2/c1-2-3-4-5-6-7-8-9-10-11-12-13-14-15-16-17-18-19(20)21/h2,5-6,8-9H,1,3-4,7,10-18H2,(H,20,21). The minimum atomic E-state index is -0.669. The number of allylic oxidation sites excluding steroid dienone is 5. The zero-order valence-electron chi connectivity index (χ0n) is 13.4. The van der Waals surface area contributed by atoms with Gasteiger partial charge >= 0.3 is 5.97 Å². The van der Waals surface area contributed by atoms with Crippen molar-refractivity contribution in [2.75, 3.05) is 0 Å². The number of carbonyl (C=O) groups is 1. The number of carboxylic acid groups (broad SMARTS) is 1. The zero-order valence-corrected chi connectivity index (χ0v) is 13.4. The molecule has 0 aliphatic rings. The molecular formula is C19H32O2. The zero-order chi connectivity index (χ0) is 15.6. The van der Waals surface area contributed by atoms with Crippen molar-refractivity contribution < 1.29 is 9.90 Å². The van der Waals surface area contributed by atoms with Gasteiger partial charge in [0.25, 0.3) is 0 Å². The van der Waals surface area contributed by atoms with E-state index in [2.05, 4.69) is 30.9 Å². The Bertz CT molecular complexity index is 303. The molecule has 0 saturated heterocycles. The van der Waals surface area contributed by atoms with Crippen LogP contribution >= 0.6 is 0 Å². The summed E-state index contributed by atoms with van der Waals surface area (Å²) in [6.45, 7) is 3.70. The predicted octanol–water partition coefficient (Wildman–Crippen LogP) is 6.05. The first-order valence-electron chi connectivity index (χ1n) is 8.40. The fourth-order valence-electron chi connectivity index (χ4n) is 2.14. The first-order chi connectivity index (χ1) is 10.3. The maximum atomic E-state index is 10.3. The van der Waals surface area contributed by atoms with E-state index >= 15 is 0 Å². The van der Waals surface area contributed by atoms with Crippen molar-refractivity contribution in [1.82, 2.24) is 0 Å². The lowest BCUT2D eigenvalue weighted by Gasteiger charge is -2.00. The van der Waals surface area contributed by atoms with E-state index in [4.69, 9.17) is 5.11 Å². The molecule has 0 rings (SSSR count). The summed E-state index contributed by atoms with van der Waals surface area (Å²) < 4.78 is 0. The molecule has 0 amide bonds. The van der Waals surface area contributed by atoms with Gasteiger partial charge in [-0.3, -0.25) is 4.79 Å². The Morgan fingerprint density at radius 1 is 0.762 bits per heavy atom. The van der Waals surface area contributed by atoms with Crippen LogP contribution in [0.3, 0.4) is 0 Å². The number of rotatable bonds is 15. The Morgan fingerprint density at radius 2 is 1.33 bits per heavy atom. The average molecular weight is 292 g/mol. The summed E-state index contributed by atoms with van der Waals surface area (Å²) in [5.74, 6) is -0.669. The van der Waals surface area contributed by atoms with Crippen LogP contribution in [0.1, 0.15) is 77.0 Å². The quantitative estimate of drug-likeness (QED) is 0.294. The van der Waals surface area contributed by atoms with Crippen molar-refractivity contribution in [2.24, 2.45) is 0 Å². The van der Waals surface area contributed by atoms with E-state index in [1.807, 2.05) is 6.08 Å². The van der Waals surface area contributed by atoms with E-state index in [1.54, 1.807) is 0 Å². The van der Waals surface area contributed by atoms with Gasteiger partial charge in [-0.05, 0) is 38.5 Å². The fraction of sp³-hybridized carbons (Fsp3) is 0.632. The Hall–Kier alpha value is -1.31. The molecule has 0 saturated carbocycles. The molecule has 0 aromatic heterocycles. The number of hydrogen-bond acceptors (Lipinski definition) is 1. The van der Waals surface area contributed by atoms with Crippen molar-refractivity contribution in [1.29, 1.82) is 0 Å². The van der Waals surface area contributed by atoms with E-state index < -0.39 is 5.97 Å². The van der Waals surface area contributed by atoms with Gasteiger partial charge in [-0.25, -0.2) is 0 Å². The van der Waals surface area contributed by atoms with Crippen molar-refractivity contribution >= 4 is 5.97 Å². The van der Waals surface area contributed by atoms with Crippen molar-refractivity contribution in [3.8, 4) is 0 Å². The first-order valence-corrected chi connectivity index (χ1v) is 8.40. The highest BCUT2D eigenvalue weighted by Gasteiger charge is 1.96. The maximum absolute atomic E-state index is 10.3. The third kappa shape index (κ3) is 18.7. The van der Waals surface area contributed by atoms with Crippen LogP contribution in [0.25, 0.3) is 0 Å². The Morgan fingerprint density at radius 3 is 1.95 bits per heavy atom. The molecule has 0 unspecified atom stereocenters. The maximum Gasteiger partial charge on any atom is 0.303 e. The van der Waals surface area contributed by atoms with Crippen LogP contribution in [0.5, 0.6) is 0 Å². The highest BCUT2D eigenvalue weighted by molar-refractivity contribution is 5.66. The lowest BCUT2D eigenvalue weighted by atomic mass is 10.1. The van der Waals surface area contributed by atoms with Crippen LogP contribution < -0.4 is 0 Å². The van der Waals surface area contributed by atoms with Gasteiger partial charge in [0.1, 0.15) is 0 Å². The molecule has 0 aliphatic carbocycles. The highest BCUT2D eigenvalue weighted by atomic mass is 16.4. The fourth-order valence-corrected chi connectivity index (χ4v) is 2.14. The molecule has 0 aliphatic heterocycles. The van der Waals surface area contributed by atoms with Crippen molar-refractivity contribution in [3.63, 3.8) is 0 Å². The predicted molar refractivity (Wildman–Crippen MR) is 91.5 cm³/mol. The second-order valence-electron chi connectivity index (χ2n) is 5.45. The lowest BCUT2D eigenvalue weighted by molar-refractivity contribution is -0.137. The monoisotopic (exact) mass is 292 g/mol. The summed E-state index contributed by atoms with van der Waals surface area (Å²) in [7, 11) is 0. The molecule has 0 heterocycles. The first kappa shape index (κ1) is 19.7. The number of aliphatic carboxylic acids is 1. The summed E-state index contributed by atoms with van der Waals surface area (Å²) in [6, 6.07) is 0. The second kappa shape index (κ2) is 16.7. The summed E-state index contributed by atoms with van der Waals surface area (Å²) in [6.07, 6.45) is 23.8. The van der Waals surface area contributed by atoms with Crippen LogP contribution in [-0.4, -0.2) is 11.1 Å². The van der Waals surface area contributed by atoms with E-state index in [0.29, 0.717) is 6.42 Å². The minimum Gasteiger partial charge on any atom is -0.481 e. The van der Waals surface area contributed by atoms with Gasteiger partial charge < -0.3 is 5.11 Å². The van der Waals surface area contributed by atoms with Gasteiger partial charge in [-0.2, -0.15) is 0 Å². The Labute approximate surface area is 130 Å². The van der Waals surface area contributed by atoms with Crippen LogP contribution in [0.15, 0.2) is 37.0 Å². The molecule has 0 atom stereocenters. The number of hydrogen-bond donors (Lipinski definition) is 1. The Kier molecular flexibility index (Phi) is 15.7. The lowest BCUT2D eigenvalue weighted by Crippen LogP contribution is -1.93. The molecule has 2 nitrogen and oxygen atoms in total. The topological polar surface area (TPSA) is 37.3 Å². The third-order valence-corrected chi connectivity index (χ3v) is 3.40. The average Bonchev–Trinajstić information content (AvgIpc) is 2.46. The van der Waals surface area contributed by atoms with Crippen molar-refractivity contribution in [3.05, 3.63) is 37.0 Å². The molecular weight excluding hydrogens is 260 g/mol. The largest absolute Gasteiger partial charge is 0.481 e. The third-order valence-electron chi connectivity index (χ3n) is 3.40. The van der Waals surface area contributed by atoms with Crippen LogP contribution in [0, 0.1) is 0 Å². The molecule has 1 N–H and O–H groups in total. The summed E-state index contributed by atoms with van der Waals surface area (Å²) >= 11 is 0. The van der Waals surface area contributed by atoms with E-state index in [1.165, 1.54) is 38.5 Å². The van der Waals surface area contributed by atoms with Gasteiger partial charge in [0.2, 0.25) is 0 Å². The normalized spacial score (nSPS) is 11.4. The van der Waals surface area contributed by atoms with Gasteiger partial charge in [0.15, 0.2) is 0 Å². The number of unbranched alkanes of at least 4 members (excludes halogenated alkanes) is 8. The smallest absolute Gasteiger partial charge is 0.303 e. The van der Waals surface area contributed by atoms with Gasteiger partial charge in [-0.15, -0.1) is 6.58 Å². The van der Waals surface area contributed by atoms with E-state index in [-0.39, 0.29) is 0 Å². The molecule has 21 heavy (non-hydrogen) atoms. The van der Waals surface area contributed by atoms with Gasteiger partial charge in [-0.1, -0.05) is 62.5 Å². The molecule has 0 bridgehead atoms. The summed E-state index contributed by atoms with van der Waals surface area (Å²) in [5, 5.41) is 8.51. The molecule has 2 heteroatoms. The molecule has 0 aromatic rings. The second-order valence-corrected chi connectivity index (χ2v) is 5.45. The number of carboxylic acids is 1. The minimum absolute atomic E-state index is 0.326. The van der Waals surface area contributed by atoms with Crippen LogP contribution in [0.2, 0.25) is 0 Å². The SMILES string of the molecule is C=CCCC=CCC=CCCCCCCCCCC(=O)O. The molecule has 0 aromatic carbocycles. The summed E-state index contributed by atoms with van der Waals surface area (Å²) in [4.78, 5) is 10.3. The van der Waals surface area contributed by atoms with Gasteiger partial charge in [0.05, 0.1) is 0 Å². The Balaban J connectivity index is 3.16. The van der Waals surface area contributed by atoms with E-state index in [0.717, 1.165) is 32.1 Å². The molecule has 0 radical (unpaired) electrons. The summed E-state index contributed by atoms with van der Waals surface area (Å²) in [5.41, 5.74) is 0. The highest BCUT2D eigenvalue weighted by Crippen LogP contribution is 2.10. The van der Waals surface area contributed by atoms with E-state index in [9.17, 15) is 4.79 Å². The molecule has 0 spiro atoms. The van der Waals surface area contributed by atoms with Crippen molar-refractivity contribution in [2.45, 2.75) is 77.0 Å². The molecule has 120 valence electrons. The molecule has 0 fully saturated rings. The van der Waals surface area contributed by atoms with Crippen LogP contribution in [0.4, 0.5) is 0 Å².